The highest BCUT2D eigenvalue weighted by atomic mass is 32.2. The van der Waals surface area contributed by atoms with Crippen molar-refractivity contribution < 1.29 is 23.8 Å². The Kier molecular flexibility index (Phi) is 6.11. The number of aryl methyl sites for hydroxylation is 1. The van der Waals surface area contributed by atoms with Crippen molar-refractivity contribution in [3.63, 3.8) is 0 Å². The van der Waals surface area contributed by atoms with Crippen LogP contribution in [0, 0.1) is 13.8 Å². The van der Waals surface area contributed by atoms with E-state index in [0.717, 1.165) is 17.1 Å². The van der Waals surface area contributed by atoms with E-state index in [-0.39, 0.29) is 11.5 Å². The van der Waals surface area contributed by atoms with Crippen LogP contribution in [-0.2, 0) is 4.74 Å². The van der Waals surface area contributed by atoms with Crippen LogP contribution in [0.2, 0.25) is 0 Å². The van der Waals surface area contributed by atoms with Crippen LogP contribution in [0.4, 0.5) is 0 Å². The molecule has 144 valence electrons. The minimum Gasteiger partial charge on any atom is -0.490 e. The smallest absolute Gasteiger partial charge is 0.340 e. The van der Waals surface area contributed by atoms with Crippen LogP contribution < -0.4 is 9.47 Å². The summed E-state index contributed by atoms with van der Waals surface area (Å²) in [5, 5.41) is 0. The summed E-state index contributed by atoms with van der Waals surface area (Å²) in [5.74, 6) is 1.23. The molecule has 1 N–H and O–H groups in total. The number of carbonyl (C=O) groups excluding carboxylic acids is 2. The summed E-state index contributed by atoms with van der Waals surface area (Å²) in [7, 11) is 0. The first-order chi connectivity index (χ1) is 13.0. The van der Waals surface area contributed by atoms with Gasteiger partial charge in [0.25, 0.3) is 0 Å². The third kappa shape index (κ3) is 4.30. The fourth-order valence-corrected chi connectivity index (χ4v) is 3.79. The fraction of sp³-hybridized carbons (Fsp3) is 0.400. The monoisotopic (exact) mass is 389 g/mol. The molecule has 0 atom stereocenters. The number of esters is 1. The average Bonchev–Trinajstić information content (AvgIpc) is 2.82. The molecule has 2 heterocycles. The van der Waals surface area contributed by atoms with Crippen LogP contribution in [0.3, 0.4) is 0 Å². The van der Waals surface area contributed by atoms with E-state index in [2.05, 4.69) is 4.98 Å². The van der Waals surface area contributed by atoms with Crippen LogP contribution in [0.5, 0.6) is 11.5 Å². The normalized spacial score (nSPS) is 13.1. The lowest BCUT2D eigenvalue weighted by atomic mass is 10.1. The van der Waals surface area contributed by atoms with Gasteiger partial charge in [0.1, 0.15) is 0 Å². The number of ketones is 1. The molecule has 1 aliphatic rings. The molecule has 0 unspecified atom stereocenters. The van der Waals surface area contributed by atoms with Crippen LogP contribution in [0.25, 0.3) is 0 Å². The Balaban J connectivity index is 1.70. The quantitative estimate of drug-likeness (QED) is 0.458. The van der Waals surface area contributed by atoms with Crippen molar-refractivity contribution in [2.24, 2.45) is 0 Å². The number of aromatic amines is 1. The maximum atomic E-state index is 12.7. The van der Waals surface area contributed by atoms with Gasteiger partial charge in [0.2, 0.25) is 0 Å². The molecule has 0 spiro atoms. The van der Waals surface area contributed by atoms with Gasteiger partial charge in [0, 0.05) is 17.0 Å². The SMILES string of the molecule is CCOC(=O)c1c(C)[nH]c(C(=O)CSc2ccc3c(c2)OCCCO3)c1C. The molecule has 0 saturated heterocycles. The molecule has 2 aromatic rings. The van der Waals surface area contributed by atoms with Crippen molar-refractivity contribution in [1.29, 1.82) is 0 Å². The van der Waals surface area contributed by atoms with Gasteiger partial charge in [-0.2, -0.15) is 0 Å². The molecule has 0 saturated carbocycles. The Morgan fingerprint density at radius 1 is 1.19 bits per heavy atom. The van der Waals surface area contributed by atoms with Gasteiger partial charge in [0.05, 0.1) is 36.8 Å². The number of rotatable bonds is 6. The Morgan fingerprint density at radius 3 is 2.67 bits per heavy atom. The van der Waals surface area contributed by atoms with E-state index in [1.54, 1.807) is 20.8 Å². The van der Waals surface area contributed by atoms with E-state index in [9.17, 15) is 9.59 Å². The van der Waals surface area contributed by atoms with E-state index in [1.165, 1.54) is 11.8 Å². The first kappa shape index (κ1) is 19.4. The molecule has 7 heteroatoms. The molecule has 0 radical (unpaired) electrons. The van der Waals surface area contributed by atoms with E-state index >= 15 is 0 Å². The van der Waals surface area contributed by atoms with Gasteiger partial charge in [-0.15, -0.1) is 11.8 Å². The van der Waals surface area contributed by atoms with Crippen LogP contribution >= 0.6 is 11.8 Å². The molecule has 3 rings (SSSR count). The highest BCUT2D eigenvalue weighted by Gasteiger charge is 2.23. The number of hydrogen-bond donors (Lipinski definition) is 1. The van der Waals surface area contributed by atoms with Gasteiger partial charge in [-0.25, -0.2) is 4.79 Å². The van der Waals surface area contributed by atoms with E-state index in [0.29, 0.717) is 48.1 Å². The molecule has 1 aliphatic heterocycles. The second kappa shape index (κ2) is 8.52. The Hall–Kier alpha value is -2.41. The third-order valence-electron chi connectivity index (χ3n) is 4.28. The summed E-state index contributed by atoms with van der Waals surface area (Å²) in [6.45, 7) is 6.86. The lowest BCUT2D eigenvalue weighted by molar-refractivity contribution is 0.0525. The number of carbonyl (C=O) groups is 2. The zero-order chi connectivity index (χ0) is 19.4. The van der Waals surface area contributed by atoms with Crippen molar-refractivity contribution in [1.82, 2.24) is 4.98 Å². The van der Waals surface area contributed by atoms with Crippen LogP contribution in [0.1, 0.15) is 45.4 Å². The van der Waals surface area contributed by atoms with Crippen molar-refractivity contribution in [2.75, 3.05) is 25.6 Å². The Morgan fingerprint density at radius 2 is 1.93 bits per heavy atom. The van der Waals surface area contributed by atoms with Gasteiger partial charge in [-0.05, 0) is 44.5 Å². The summed E-state index contributed by atoms with van der Waals surface area (Å²) in [6.07, 6.45) is 0.851. The second-order valence-corrected chi connectivity index (χ2v) is 7.27. The molecule has 0 fully saturated rings. The van der Waals surface area contributed by atoms with E-state index < -0.39 is 5.97 Å². The summed E-state index contributed by atoms with van der Waals surface area (Å²) >= 11 is 1.42. The highest BCUT2D eigenvalue weighted by Crippen LogP contribution is 2.34. The second-order valence-electron chi connectivity index (χ2n) is 6.22. The predicted octanol–water partition coefficient (Wildman–Crippen LogP) is 3.94. The largest absolute Gasteiger partial charge is 0.490 e. The summed E-state index contributed by atoms with van der Waals surface area (Å²) in [6, 6.07) is 5.69. The Bertz CT molecular complexity index is 858. The first-order valence-corrected chi connectivity index (χ1v) is 9.91. The average molecular weight is 389 g/mol. The summed E-state index contributed by atoms with van der Waals surface area (Å²) in [5.41, 5.74) is 2.18. The zero-order valence-electron chi connectivity index (χ0n) is 15.7. The fourth-order valence-electron chi connectivity index (χ4n) is 2.99. The number of benzene rings is 1. The molecule has 6 nitrogen and oxygen atoms in total. The topological polar surface area (TPSA) is 77.6 Å². The van der Waals surface area contributed by atoms with Crippen LogP contribution in [-0.4, -0.2) is 42.3 Å². The predicted molar refractivity (Wildman–Crippen MR) is 103 cm³/mol. The molecular weight excluding hydrogens is 366 g/mol. The Labute approximate surface area is 162 Å². The maximum absolute atomic E-state index is 12.7. The van der Waals surface area contributed by atoms with Gasteiger partial charge >= 0.3 is 5.97 Å². The molecule has 0 aliphatic carbocycles. The highest BCUT2D eigenvalue weighted by molar-refractivity contribution is 8.00. The number of hydrogen-bond acceptors (Lipinski definition) is 6. The number of thioether (sulfide) groups is 1. The molecule has 0 bridgehead atoms. The van der Waals surface area contributed by atoms with E-state index in [1.807, 2.05) is 18.2 Å². The summed E-state index contributed by atoms with van der Waals surface area (Å²) < 4.78 is 16.4. The summed E-state index contributed by atoms with van der Waals surface area (Å²) in [4.78, 5) is 28.7. The van der Waals surface area contributed by atoms with Gasteiger partial charge in [-0.1, -0.05) is 0 Å². The molecule has 27 heavy (non-hydrogen) atoms. The van der Waals surface area contributed by atoms with Gasteiger partial charge < -0.3 is 19.2 Å². The zero-order valence-corrected chi connectivity index (χ0v) is 16.5. The first-order valence-electron chi connectivity index (χ1n) is 8.93. The number of nitrogens with one attached hydrogen (secondary N) is 1. The van der Waals surface area contributed by atoms with E-state index in [4.69, 9.17) is 14.2 Å². The lowest BCUT2D eigenvalue weighted by Crippen LogP contribution is -2.08. The van der Waals surface area contributed by atoms with Crippen molar-refractivity contribution in [3.05, 3.63) is 40.7 Å². The van der Waals surface area contributed by atoms with Gasteiger partial charge in [-0.3, -0.25) is 4.79 Å². The molecule has 1 aromatic carbocycles. The number of fused-ring (bicyclic) bond motifs is 1. The molecule has 1 aromatic heterocycles. The number of H-pyrrole nitrogens is 1. The minimum atomic E-state index is -0.404. The number of ether oxygens (including phenoxy) is 3. The lowest BCUT2D eigenvalue weighted by Gasteiger charge is -2.09. The van der Waals surface area contributed by atoms with Crippen molar-refractivity contribution in [3.8, 4) is 11.5 Å². The third-order valence-corrected chi connectivity index (χ3v) is 5.28. The number of aromatic nitrogens is 1. The minimum absolute atomic E-state index is 0.0664. The standard InChI is InChI=1S/C20H23NO5S/c1-4-24-20(23)18-12(2)19(21-13(18)3)15(22)11-27-14-6-7-16-17(10-14)26-9-5-8-25-16/h6-7,10,21H,4-5,8-9,11H2,1-3H3. The van der Waals surface area contributed by atoms with Crippen molar-refractivity contribution in [2.45, 2.75) is 32.1 Å². The molecular formula is C20H23NO5S. The van der Waals surface area contributed by atoms with Crippen molar-refractivity contribution >= 4 is 23.5 Å². The van der Waals surface area contributed by atoms with Gasteiger partial charge in [0.15, 0.2) is 17.3 Å². The molecule has 0 amide bonds. The maximum Gasteiger partial charge on any atom is 0.340 e. The van der Waals surface area contributed by atoms with Crippen LogP contribution in [0.15, 0.2) is 23.1 Å². The number of Topliss-reactive ketones (excluding diaryl/α,β-unsaturated/α-hetero) is 1.